The van der Waals surface area contributed by atoms with E-state index in [0.29, 0.717) is 25.3 Å². The minimum atomic E-state index is -3.53. The molecule has 0 saturated heterocycles. The van der Waals surface area contributed by atoms with Crippen molar-refractivity contribution in [1.82, 2.24) is 4.72 Å². The Hall–Kier alpha value is -2.83. The molecule has 0 saturated carbocycles. The Morgan fingerprint density at radius 2 is 1.46 bits per heavy atom. The maximum Gasteiger partial charge on any atom is 0.240 e. The van der Waals surface area contributed by atoms with Crippen LogP contribution < -0.4 is 15.2 Å². The highest BCUT2D eigenvalue weighted by Crippen LogP contribution is 2.15. The molecule has 0 fully saturated rings. The predicted octanol–water partition coefficient (Wildman–Crippen LogP) is 3.68. The van der Waals surface area contributed by atoms with Gasteiger partial charge in [-0.05, 0) is 60.9 Å². The van der Waals surface area contributed by atoms with Gasteiger partial charge in [-0.25, -0.2) is 13.1 Å². The molecule has 0 heterocycles. The van der Waals surface area contributed by atoms with Crippen molar-refractivity contribution in [2.45, 2.75) is 24.8 Å². The number of nitrogens with two attached hydrogens (primary N) is 1. The fourth-order valence-electron chi connectivity index (χ4n) is 2.66. The molecule has 0 amide bonds. The van der Waals surface area contributed by atoms with Gasteiger partial charge in [0.05, 0.1) is 4.90 Å². The van der Waals surface area contributed by atoms with E-state index in [1.165, 1.54) is 17.7 Å². The Kier molecular flexibility index (Phi) is 6.34. The SMILES string of the molecule is Cc1ccc(COc2ccc(CCNS(=O)(=O)c3ccc(N)cc3)cc2)cc1. The molecular weight excluding hydrogens is 372 g/mol. The Bertz CT molecular complexity index is 997. The van der Waals surface area contributed by atoms with E-state index in [1.54, 1.807) is 12.1 Å². The van der Waals surface area contributed by atoms with Crippen LogP contribution in [0.2, 0.25) is 0 Å². The van der Waals surface area contributed by atoms with Gasteiger partial charge in [-0.1, -0.05) is 42.0 Å². The molecule has 0 radical (unpaired) electrons. The lowest BCUT2D eigenvalue weighted by Gasteiger charge is -2.09. The van der Waals surface area contributed by atoms with Crippen molar-refractivity contribution in [3.8, 4) is 5.75 Å². The Morgan fingerprint density at radius 3 is 2.11 bits per heavy atom. The number of nitrogens with one attached hydrogen (secondary N) is 1. The van der Waals surface area contributed by atoms with Crippen LogP contribution in [-0.4, -0.2) is 15.0 Å². The number of nitrogen functional groups attached to an aromatic ring is 1. The van der Waals surface area contributed by atoms with Gasteiger partial charge >= 0.3 is 0 Å². The zero-order valence-corrected chi connectivity index (χ0v) is 16.6. The van der Waals surface area contributed by atoms with Crippen LogP contribution in [-0.2, 0) is 23.1 Å². The lowest BCUT2D eigenvalue weighted by molar-refractivity contribution is 0.306. The molecule has 5 nitrogen and oxygen atoms in total. The van der Waals surface area contributed by atoms with Gasteiger partial charge in [0.1, 0.15) is 12.4 Å². The summed E-state index contributed by atoms with van der Waals surface area (Å²) in [5, 5.41) is 0. The molecule has 0 aliphatic rings. The van der Waals surface area contributed by atoms with E-state index >= 15 is 0 Å². The lowest BCUT2D eigenvalue weighted by atomic mass is 10.1. The number of anilines is 1. The van der Waals surface area contributed by atoms with E-state index in [2.05, 4.69) is 35.9 Å². The van der Waals surface area contributed by atoms with Crippen LogP contribution in [0, 0.1) is 6.92 Å². The van der Waals surface area contributed by atoms with Crippen molar-refractivity contribution in [2.75, 3.05) is 12.3 Å². The van der Waals surface area contributed by atoms with E-state index in [-0.39, 0.29) is 4.90 Å². The number of hydrogen-bond donors (Lipinski definition) is 2. The first kappa shape index (κ1) is 19.9. The average Bonchev–Trinajstić information content (AvgIpc) is 2.69. The molecule has 0 aliphatic heterocycles. The van der Waals surface area contributed by atoms with Crippen molar-refractivity contribution in [2.24, 2.45) is 0 Å². The molecule has 6 heteroatoms. The van der Waals surface area contributed by atoms with Gasteiger partial charge in [0, 0.05) is 12.2 Å². The summed E-state index contributed by atoms with van der Waals surface area (Å²) in [5.41, 5.74) is 9.49. The minimum absolute atomic E-state index is 0.210. The van der Waals surface area contributed by atoms with E-state index in [1.807, 2.05) is 24.3 Å². The molecule has 3 rings (SSSR count). The van der Waals surface area contributed by atoms with Gasteiger partial charge in [0.2, 0.25) is 10.0 Å². The first-order valence-electron chi connectivity index (χ1n) is 9.05. The van der Waals surface area contributed by atoms with Crippen LogP contribution in [0.5, 0.6) is 5.75 Å². The monoisotopic (exact) mass is 396 g/mol. The molecule has 28 heavy (non-hydrogen) atoms. The van der Waals surface area contributed by atoms with Crippen molar-refractivity contribution >= 4 is 15.7 Å². The largest absolute Gasteiger partial charge is 0.489 e. The fraction of sp³-hybridized carbons (Fsp3) is 0.182. The van der Waals surface area contributed by atoms with Gasteiger partial charge in [-0.3, -0.25) is 0 Å². The van der Waals surface area contributed by atoms with Gasteiger partial charge in [0.15, 0.2) is 0 Å². The maximum atomic E-state index is 12.3. The number of ether oxygens (including phenoxy) is 1. The zero-order chi connectivity index (χ0) is 20.0. The van der Waals surface area contributed by atoms with Crippen LogP contribution in [0.25, 0.3) is 0 Å². The smallest absolute Gasteiger partial charge is 0.240 e. The van der Waals surface area contributed by atoms with Crippen molar-refractivity contribution in [1.29, 1.82) is 0 Å². The molecule has 0 aliphatic carbocycles. The Labute approximate surface area is 166 Å². The van der Waals surface area contributed by atoms with Gasteiger partial charge < -0.3 is 10.5 Å². The van der Waals surface area contributed by atoms with Crippen LogP contribution in [0.1, 0.15) is 16.7 Å². The van der Waals surface area contributed by atoms with E-state index in [4.69, 9.17) is 10.5 Å². The summed E-state index contributed by atoms with van der Waals surface area (Å²) in [7, 11) is -3.53. The highest BCUT2D eigenvalue weighted by atomic mass is 32.2. The molecule has 0 aromatic heterocycles. The molecule has 146 valence electrons. The number of hydrogen-bond acceptors (Lipinski definition) is 4. The molecule has 3 aromatic rings. The van der Waals surface area contributed by atoms with Crippen molar-refractivity contribution in [3.63, 3.8) is 0 Å². The molecular formula is C22H24N2O3S. The third kappa shape index (κ3) is 5.58. The summed E-state index contributed by atoms with van der Waals surface area (Å²) in [6.45, 7) is 2.89. The molecule has 0 unspecified atom stereocenters. The molecule has 0 bridgehead atoms. The molecule has 0 atom stereocenters. The quantitative estimate of drug-likeness (QED) is 0.569. The normalized spacial score (nSPS) is 11.3. The first-order valence-corrected chi connectivity index (χ1v) is 10.5. The average molecular weight is 397 g/mol. The number of sulfonamides is 1. The van der Waals surface area contributed by atoms with E-state index in [0.717, 1.165) is 16.9 Å². The second-order valence-electron chi connectivity index (χ2n) is 6.64. The highest BCUT2D eigenvalue weighted by molar-refractivity contribution is 7.89. The molecule has 3 N–H and O–H groups in total. The fourth-order valence-corrected chi connectivity index (χ4v) is 3.70. The summed E-state index contributed by atoms with van der Waals surface area (Å²) in [6, 6.07) is 22.1. The summed E-state index contributed by atoms with van der Waals surface area (Å²) in [4.78, 5) is 0.210. The number of rotatable bonds is 8. The maximum absolute atomic E-state index is 12.3. The number of aryl methyl sites for hydroxylation is 1. The topological polar surface area (TPSA) is 81.4 Å². The van der Waals surface area contributed by atoms with Crippen LogP contribution in [0.4, 0.5) is 5.69 Å². The molecule has 3 aromatic carbocycles. The van der Waals surface area contributed by atoms with Crippen LogP contribution in [0.15, 0.2) is 77.7 Å². The third-order valence-electron chi connectivity index (χ3n) is 4.35. The van der Waals surface area contributed by atoms with Crippen LogP contribution >= 0.6 is 0 Å². The van der Waals surface area contributed by atoms with Gasteiger partial charge in [-0.2, -0.15) is 0 Å². The van der Waals surface area contributed by atoms with Crippen LogP contribution in [0.3, 0.4) is 0 Å². The highest BCUT2D eigenvalue weighted by Gasteiger charge is 2.12. The summed E-state index contributed by atoms with van der Waals surface area (Å²) in [5.74, 6) is 0.784. The second kappa shape index (κ2) is 8.91. The minimum Gasteiger partial charge on any atom is -0.489 e. The Morgan fingerprint density at radius 1 is 0.857 bits per heavy atom. The first-order chi connectivity index (χ1) is 13.4. The van der Waals surface area contributed by atoms with Crippen molar-refractivity contribution < 1.29 is 13.2 Å². The zero-order valence-electron chi connectivity index (χ0n) is 15.8. The Balaban J connectivity index is 1.49. The standard InChI is InChI=1S/C22H24N2O3S/c1-17-2-4-19(5-3-17)16-27-21-10-6-18(7-11-21)14-15-24-28(25,26)22-12-8-20(23)9-13-22/h2-13,24H,14-16,23H2,1H3. The van der Waals surface area contributed by atoms with Gasteiger partial charge in [-0.15, -0.1) is 0 Å². The van der Waals surface area contributed by atoms with E-state index in [9.17, 15) is 8.42 Å². The summed E-state index contributed by atoms with van der Waals surface area (Å²) in [6.07, 6.45) is 0.590. The lowest BCUT2D eigenvalue weighted by Crippen LogP contribution is -2.26. The predicted molar refractivity (Wildman–Crippen MR) is 112 cm³/mol. The third-order valence-corrected chi connectivity index (χ3v) is 5.82. The van der Waals surface area contributed by atoms with E-state index < -0.39 is 10.0 Å². The summed E-state index contributed by atoms with van der Waals surface area (Å²) < 4.78 is 32.9. The molecule has 0 spiro atoms. The van der Waals surface area contributed by atoms with Gasteiger partial charge in [0.25, 0.3) is 0 Å². The number of benzene rings is 3. The second-order valence-corrected chi connectivity index (χ2v) is 8.40. The van der Waals surface area contributed by atoms with Crippen molar-refractivity contribution in [3.05, 3.63) is 89.5 Å². The summed E-state index contributed by atoms with van der Waals surface area (Å²) >= 11 is 0.